The molecule has 0 unspecified atom stereocenters. The summed E-state index contributed by atoms with van der Waals surface area (Å²) >= 11 is 1.91. The highest BCUT2D eigenvalue weighted by atomic mass is 32.2. The van der Waals surface area contributed by atoms with Crippen LogP contribution in [0.1, 0.15) is 70.6 Å². The smallest absolute Gasteiger partial charge is 0.331 e. The van der Waals surface area contributed by atoms with Gasteiger partial charge in [0.1, 0.15) is 0 Å². The molecule has 2 heterocycles. The molecule has 2 aliphatic rings. The van der Waals surface area contributed by atoms with Gasteiger partial charge in [0, 0.05) is 23.2 Å². The van der Waals surface area contributed by atoms with Gasteiger partial charge in [-0.2, -0.15) is 11.8 Å². The van der Waals surface area contributed by atoms with Crippen molar-refractivity contribution < 1.29 is 23.9 Å². The largest absolute Gasteiger partial charge is 0.466 e. The third-order valence-electron chi connectivity index (χ3n) is 9.14. The molecule has 256 valence electrons. The summed E-state index contributed by atoms with van der Waals surface area (Å²) in [6.45, 7) is -1.45. The molecule has 2 amide bonds. The molecule has 2 N–H and O–H groups in total. The zero-order valence-electron chi connectivity index (χ0n) is 27.8. The van der Waals surface area contributed by atoms with Crippen LogP contribution in [0.2, 0.25) is 0 Å². The molecule has 0 spiro atoms. The van der Waals surface area contributed by atoms with Gasteiger partial charge in [-0.05, 0) is 48.5 Å². The SMILES string of the molecule is O=C1N[C@H]2[C@H](CS[C@H]2CCCCC(=O)OCCCCCCCCCOC(=O)C=P(c2ccccc2)(c2ccccc2)c2ccccc2)N1. The number of hydrogen-bond donors (Lipinski definition) is 2. The lowest BCUT2D eigenvalue weighted by molar-refractivity contribution is -0.144. The Morgan fingerprint density at radius 1 is 0.688 bits per heavy atom. The minimum atomic E-state index is -2.36. The maximum absolute atomic E-state index is 13.3. The Morgan fingerprint density at radius 2 is 1.21 bits per heavy atom. The molecule has 0 saturated carbocycles. The summed E-state index contributed by atoms with van der Waals surface area (Å²) in [6.07, 6.45) is 10.4. The predicted octanol–water partition coefficient (Wildman–Crippen LogP) is 6.33. The van der Waals surface area contributed by atoms with Crippen LogP contribution in [-0.2, 0) is 19.1 Å². The molecule has 7 nitrogen and oxygen atoms in total. The summed E-state index contributed by atoms with van der Waals surface area (Å²) in [7, 11) is 0. The van der Waals surface area contributed by atoms with Crippen molar-refractivity contribution in [3.05, 3.63) is 91.0 Å². The molecule has 3 aromatic rings. The van der Waals surface area contributed by atoms with Crippen molar-refractivity contribution in [1.82, 2.24) is 10.6 Å². The maximum Gasteiger partial charge on any atom is 0.331 e. The summed E-state index contributed by atoms with van der Waals surface area (Å²) in [4.78, 5) is 37.0. The summed E-state index contributed by atoms with van der Waals surface area (Å²) in [5.41, 5.74) is 0. The summed E-state index contributed by atoms with van der Waals surface area (Å²) in [5, 5.41) is 9.80. The van der Waals surface area contributed by atoms with Crippen molar-refractivity contribution >= 4 is 58.3 Å². The zero-order valence-corrected chi connectivity index (χ0v) is 29.5. The van der Waals surface area contributed by atoms with Crippen molar-refractivity contribution in [3.8, 4) is 0 Å². The molecule has 0 bridgehead atoms. The fraction of sp³-hybridized carbons (Fsp3) is 0.436. The van der Waals surface area contributed by atoms with Gasteiger partial charge in [0.2, 0.25) is 0 Å². The van der Waals surface area contributed by atoms with Crippen LogP contribution in [0.4, 0.5) is 4.79 Å². The molecule has 3 atom stereocenters. The molecule has 5 rings (SSSR count). The fourth-order valence-electron chi connectivity index (χ4n) is 6.63. The fourth-order valence-corrected chi connectivity index (χ4v) is 11.8. The van der Waals surface area contributed by atoms with Crippen molar-refractivity contribution in [3.63, 3.8) is 0 Å². The Bertz CT molecular complexity index is 1400. The molecular weight excluding hydrogens is 639 g/mol. The zero-order chi connectivity index (χ0) is 33.4. The molecule has 3 aromatic carbocycles. The van der Waals surface area contributed by atoms with Crippen LogP contribution in [0.15, 0.2) is 91.0 Å². The number of fused-ring (bicyclic) bond motifs is 1. The lowest BCUT2D eigenvalue weighted by Crippen LogP contribution is -2.36. The van der Waals surface area contributed by atoms with Gasteiger partial charge < -0.3 is 20.1 Å². The number of hydrogen-bond acceptors (Lipinski definition) is 6. The second-order valence-corrected chi connectivity index (χ2v) is 17.1. The van der Waals surface area contributed by atoms with Gasteiger partial charge in [-0.15, -0.1) is 0 Å². The Labute approximate surface area is 289 Å². The number of nitrogens with one attached hydrogen (secondary N) is 2. The molecule has 2 aliphatic heterocycles. The van der Waals surface area contributed by atoms with Gasteiger partial charge in [0.15, 0.2) is 0 Å². The highest BCUT2D eigenvalue weighted by Crippen LogP contribution is 2.43. The number of urea groups is 1. The minimum Gasteiger partial charge on any atom is -0.466 e. The summed E-state index contributed by atoms with van der Waals surface area (Å²) in [6, 6.07) is 31.4. The third kappa shape index (κ3) is 10.0. The Morgan fingerprint density at radius 3 is 1.77 bits per heavy atom. The highest BCUT2D eigenvalue weighted by molar-refractivity contribution is 8.00. The predicted molar refractivity (Wildman–Crippen MR) is 199 cm³/mol. The first-order valence-electron chi connectivity index (χ1n) is 17.5. The first kappa shape index (κ1) is 35.8. The summed E-state index contributed by atoms with van der Waals surface area (Å²) in [5.74, 6) is 2.44. The molecule has 2 saturated heterocycles. The maximum atomic E-state index is 13.3. The van der Waals surface area contributed by atoms with E-state index >= 15 is 0 Å². The monoisotopic (exact) mass is 688 g/mol. The van der Waals surface area contributed by atoms with Gasteiger partial charge in [-0.25, -0.2) is 9.59 Å². The van der Waals surface area contributed by atoms with E-state index in [2.05, 4.69) is 47.0 Å². The number of benzene rings is 3. The van der Waals surface area contributed by atoms with Crippen molar-refractivity contribution in [1.29, 1.82) is 0 Å². The normalized spacial score (nSPS) is 18.4. The second-order valence-electron chi connectivity index (χ2n) is 12.6. The van der Waals surface area contributed by atoms with E-state index in [1.807, 2.05) is 72.2 Å². The first-order valence-corrected chi connectivity index (χ1v) is 20.4. The number of carbonyl (C=O) groups excluding carboxylic acids is 3. The molecule has 0 aliphatic carbocycles. The number of amides is 2. The van der Waals surface area contributed by atoms with Gasteiger partial charge in [-0.3, -0.25) is 4.79 Å². The van der Waals surface area contributed by atoms with E-state index in [0.717, 1.165) is 85.9 Å². The number of carbonyl (C=O) groups is 3. The number of esters is 2. The first-order chi connectivity index (χ1) is 23.6. The van der Waals surface area contributed by atoms with Crippen LogP contribution in [0, 0.1) is 0 Å². The Balaban J connectivity index is 0.946. The van der Waals surface area contributed by atoms with E-state index in [1.165, 1.54) is 0 Å². The van der Waals surface area contributed by atoms with E-state index in [1.54, 1.807) is 0 Å². The van der Waals surface area contributed by atoms with Crippen LogP contribution < -0.4 is 26.5 Å². The van der Waals surface area contributed by atoms with E-state index in [4.69, 9.17) is 9.47 Å². The Hall–Kier alpha value is -3.48. The van der Waals surface area contributed by atoms with E-state index in [0.29, 0.717) is 24.9 Å². The average Bonchev–Trinajstić information content (AvgIpc) is 3.68. The van der Waals surface area contributed by atoms with Crippen molar-refractivity contribution in [2.45, 2.75) is 88.0 Å². The molecule has 48 heavy (non-hydrogen) atoms. The van der Waals surface area contributed by atoms with Gasteiger partial charge in [-0.1, -0.05) is 130 Å². The van der Waals surface area contributed by atoms with E-state index < -0.39 is 6.89 Å². The number of thioether (sulfide) groups is 1. The third-order valence-corrected chi connectivity index (χ3v) is 14.6. The molecular formula is C39H49N2O5PS. The number of rotatable bonds is 19. The molecule has 9 heteroatoms. The van der Waals surface area contributed by atoms with Crippen LogP contribution >= 0.6 is 18.6 Å². The molecule has 2 fully saturated rings. The van der Waals surface area contributed by atoms with E-state index in [-0.39, 0.29) is 30.1 Å². The van der Waals surface area contributed by atoms with Crippen molar-refractivity contribution in [2.24, 2.45) is 0 Å². The van der Waals surface area contributed by atoms with Crippen LogP contribution in [0.25, 0.3) is 0 Å². The van der Waals surface area contributed by atoms with Crippen LogP contribution in [-0.4, -0.2) is 60.1 Å². The minimum absolute atomic E-state index is 0.0539. The quantitative estimate of drug-likeness (QED) is 0.0663. The Kier molecular flexibility index (Phi) is 14.1. The highest BCUT2D eigenvalue weighted by Gasteiger charge is 2.42. The lowest BCUT2D eigenvalue weighted by atomic mass is 10.0. The molecule has 0 aromatic heterocycles. The average molecular weight is 689 g/mol. The van der Waals surface area contributed by atoms with Crippen molar-refractivity contribution in [2.75, 3.05) is 19.0 Å². The summed E-state index contributed by atoms with van der Waals surface area (Å²) < 4.78 is 11.2. The number of ether oxygens (including phenoxy) is 2. The van der Waals surface area contributed by atoms with Crippen LogP contribution in [0.3, 0.4) is 0 Å². The topological polar surface area (TPSA) is 93.7 Å². The molecule has 0 radical (unpaired) electrons. The van der Waals surface area contributed by atoms with Gasteiger partial charge in [0.25, 0.3) is 0 Å². The number of unbranched alkanes of at least 4 members (excludes halogenated alkanes) is 7. The lowest BCUT2D eigenvalue weighted by Gasteiger charge is -2.28. The second kappa shape index (κ2) is 18.9. The van der Waals surface area contributed by atoms with Gasteiger partial charge >= 0.3 is 18.0 Å². The van der Waals surface area contributed by atoms with Gasteiger partial charge in [0.05, 0.1) is 25.3 Å². The van der Waals surface area contributed by atoms with E-state index in [9.17, 15) is 14.4 Å². The standard InChI is InChI=1S/C39H49N2O5PS/c42-36(26-16-15-25-35-38-34(30-48-35)40-39(44)41-38)45-27-17-4-2-1-3-5-18-28-46-37(43)29-47(31-19-9-6-10-20-31,32-21-11-7-12-22-32)33-23-13-8-14-24-33/h6-14,19-24,29,34-35,38H,1-5,15-18,25-28,30H2,(H2,40,41,44)/t34-,35-,38-/m0/s1. The van der Waals surface area contributed by atoms with Crippen LogP contribution in [0.5, 0.6) is 0 Å².